The van der Waals surface area contributed by atoms with Crippen LogP contribution in [0.25, 0.3) is 0 Å². The lowest BCUT2D eigenvalue weighted by Gasteiger charge is -2.04. The SMILES string of the molecule is [OH+]=Cc1ccc(Oc2ccc(F)cc2)cc1. The minimum absolute atomic E-state index is 0.294. The summed E-state index contributed by atoms with van der Waals surface area (Å²) in [6.07, 6.45) is 1.02. The number of halogens is 1. The second kappa shape index (κ2) is 4.57. The lowest BCUT2D eigenvalue weighted by molar-refractivity contribution is 0.480. The zero-order valence-corrected chi connectivity index (χ0v) is 8.43. The fourth-order valence-electron chi connectivity index (χ4n) is 1.26. The maximum absolute atomic E-state index is 12.6. The van der Waals surface area contributed by atoms with Gasteiger partial charge in [0, 0.05) is 0 Å². The van der Waals surface area contributed by atoms with Gasteiger partial charge in [0.2, 0.25) is 0 Å². The Morgan fingerprint density at radius 2 is 1.38 bits per heavy atom. The van der Waals surface area contributed by atoms with Gasteiger partial charge in [-0.1, -0.05) is 0 Å². The normalized spacial score (nSPS) is 9.81. The lowest BCUT2D eigenvalue weighted by Crippen LogP contribution is -1.85. The van der Waals surface area contributed by atoms with E-state index in [0.717, 1.165) is 6.29 Å². The number of hydrogen-bond acceptors (Lipinski definition) is 1. The molecule has 0 atom stereocenters. The molecule has 0 heterocycles. The van der Waals surface area contributed by atoms with Crippen LogP contribution in [0.1, 0.15) is 5.56 Å². The largest absolute Gasteiger partial charge is 0.457 e. The molecule has 80 valence electrons. The lowest BCUT2D eigenvalue weighted by atomic mass is 10.2. The molecule has 2 rings (SSSR count). The Morgan fingerprint density at radius 1 is 0.875 bits per heavy atom. The zero-order valence-electron chi connectivity index (χ0n) is 8.43. The summed E-state index contributed by atoms with van der Waals surface area (Å²) in [5.74, 6) is 0.914. The highest BCUT2D eigenvalue weighted by Crippen LogP contribution is 2.21. The standard InChI is InChI=1S/C13H9FO2/c14-11-3-7-13(8-4-11)16-12-5-1-10(9-15)2-6-12/h1-9H/p+1. The van der Waals surface area contributed by atoms with E-state index in [9.17, 15) is 4.39 Å². The summed E-state index contributed by atoms with van der Waals surface area (Å²) < 4.78 is 18.1. The Kier molecular flexibility index (Phi) is 2.96. The van der Waals surface area contributed by atoms with Crippen molar-refractivity contribution in [1.29, 1.82) is 0 Å². The van der Waals surface area contributed by atoms with Crippen LogP contribution < -0.4 is 4.74 Å². The average Bonchev–Trinajstić information content (AvgIpc) is 2.33. The van der Waals surface area contributed by atoms with E-state index in [4.69, 9.17) is 9.53 Å². The van der Waals surface area contributed by atoms with Crippen molar-refractivity contribution in [3.05, 3.63) is 59.9 Å². The van der Waals surface area contributed by atoms with E-state index in [2.05, 4.69) is 0 Å². The molecule has 3 heteroatoms. The van der Waals surface area contributed by atoms with Crippen molar-refractivity contribution >= 4 is 6.29 Å². The minimum atomic E-state index is -0.294. The smallest absolute Gasteiger partial charge is 0.312 e. The van der Waals surface area contributed by atoms with Crippen LogP contribution in [0.3, 0.4) is 0 Å². The van der Waals surface area contributed by atoms with E-state index in [1.165, 1.54) is 12.1 Å². The molecule has 2 nitrogen and oxygen atoms in total. The molecule has 0 fully saturated rings. The van der Waals surface area contributed by atoms with Gasteiger partial charge < -0.3 is 4.74 Å². The quantitative estimate of drug-likeness (QED) is 0.573. The molecule has 0 aliphatic heterocycles. The van der Waals surface area contributed by atoms with E-state index in [-0.39, 0.29) is 5.82 Å². The number of ether oxygens (including phenoxy) is 1. The second-order valence-corrected chi connectivity index (χ2v) is 3.25. The predicted molar refractivity (Wildman–Crippen MR) is 60.0 cm³/mol. The van der Waals surface area contributed by atoms with Crippen LogP contribution in [0, 0.1) is 5.82 Å². The van der Waals surface area contributed by atoms with Crippen LogP contribution in [0.5, 0.6) is 11.5 Å². The van der Waals surface area contributed by atoms with Gasteiger partial charge in [-0.25, -0.2) is 4.39 Å². The summed E-state index contributed by atoms with van der Waals surface area (Å²) in [6.45, 7) is 0. The molecule has 0 radical (unpaired) electrons. The molecule has 0 aliphatic rings. The van der Waals surface area contributed by atoms with Gasteiger partial charge in [0.1, 0.15) is 17.3 Å². The van der Waals surface area contributed by atoms with Crippen molar-refractivity contribution in [2.45, 2.75) is 0 Å². The topological polar surface area (TPSA) is 30.6 Å². The van der Waals surface area contributed by atoms with Gasteiger partial charge in [0.05, 0.1) is 5.56 Å². The van der Waals surface area contributed by atoms with Gasteiger partial charge in [-0.2, -0.15) is 0 Å². The van der Waals surface area contributed by atoms with Crippen molar-refractivity contribution in [1.82, 2.24) is 0 Å². The predicted octanol–water partition coefficient (Wildman–Crippen LogP) is 3.14. The Labute approximate surface area is 92.3 Å². The molecule has 0 aromatic heterocycles. The average molecular weight is 217 g/mol. The monoisotopic (exact) mass is 217 g/mol. The highest BCUT2D eigenvalue weighted by atomic mass is 19.1. The Hall–Kier alpha value is -2.16. The molecule has 2 aromatic carbocycles. The first-order valence-electron chi connectivity index (χ1n) is 4.79. The fourth-order valence-corrected chi connectivity index (χ4v) is 1.26. The number of benzene rings is 2. The Morgan fingerprint density at radius 3 is 1.88 bits per heavy atom. The maximum Gasteiger partial charge on any atom is 0.312 e. The van der Waals surface area contributed by atoms with E-state index in [1.807, 2.05) is 0 Å². The first kappa shape index (κ1) is 10.4. The molecule has 0 aliphatic carbocycles. The molecule has 0 bridgehead atoms. The van der Waals surface area contributed by atoms with Crippen molar-refractivity contribution in [3.63, 3.8) is 0 Å². The summed E-state index contributed by atoms with van der Waals surface area (Å²) in [5, 5.41) is 0. The molecule has 0 amide bonds. The van der Waals surface area contributed by atoms with Gasteiger partial charge in [-0.05, 0) is 48.5 Å². The van der Waals surface area contributed by atoms with Crippen LogP contribution in [0.15, 0.2) is 48.5 Å². The third kappa shape index (κ3) is 2.45. The summed E-state index contributed by atoms with van der Waals surface area (Å²) in [6, 6.07) is 12.7. The molecule has 2 aromatic rings. The highest BCUT2D eigenvalue weighted by molar-refractivity contribution is 5.75. The van der Waals surface area contributed by atoms with Crippen LogP contribution >= 0.6 is 0 Å². The molecule has 0 saturated carbocycles. The maximum atomic E-state index is 12.6. The molecular formula is C13H10FO2+. The molecule has 1 N–H and O–H groups in total. The third-order valence-corrected chi connectivity index (χ3v) is 2.08. The molecule has 16 heavy (non-hydrogen) atoms. The molecular weight excluding hydrogens is 207 g/mol. The second-order valence-electron chi connectivity index (χ2n) is 3.25. The van der Waals surface area contributed by atoms with E-state index in [1.54, 1.807) is 36.4 Å². The third-order valence-electron chi connectivity index (χ3n) is 2.08. The number of carbonyl (C=O) groups excluding carboxylic acids is 1. The highest BCUT2D eigenvalue weighted by Gasteiger charge is 1.98. The summed E-state index contributed by atoms with van der Waals surface area (Å²) in [4.78, 5) is 8.74. The van der Waals surface area contributed by atoms with E-state index < -0.39 is 0 Å². The van der Waals surface area contributed by atoms with Crippen LogP contribution in [0.2, 0.25) is 0 Å². The number of aldehydes is 1. The van der Waals surface area contributed by atoms with Gasteiger partial charge in [0.25, 0.3) is 0 Å². The van der Waals surface area contributed by atoms with Gasteiger partial charge in [-0.3, -0.25) is 4.79 Å². The van der Waals surface area contributed by atoms with Crippen LogP contribution in [0.4, 0.5) is 4.39 Å². The van der Waals surface area contributed by atoms with Crippen molar-refractivity contribution < 1.29 is 13.9 Å². The van der Waals surface area contributed by atoms with Crippen LogP contribution in [-0.2, 0) is 0 Å². The van der Waals surface area contributed by atoms with Gasteiger partial charge >= 0.3 is 6.29 Å². The minimum Gasteiger partial charge on any atom is -0.457 e. The molecule has 0 unspecified atom stereocenters. The number of hydrogen-bond donors (Lipinski definition) is 0. The van der Waals surface area contributed by atoms with Crippen molar-refractivity contribution in [2.75, 3.05) is 0 Å². The summed E-state index contributed by atoms with van der Waals surface area (Å²) in [7, 11) is 0. The Balaban J connectivity index is 2.14. The van der Waals surface area contributed by atoms with Crippen LogP contribution in [-0.4, -0.2) is 11.1 Å². The Bertz CT molecular complexity index is 474. The first-order chi connectivity index (χ1) is 7.78. The van der Waals surface area contributed by atoms with Gasteiger partial charge in [0.15, 0.2) is 0 Å². The van der Waals surface area contributed by atoms with E-state index >= 15 is 0 Å². The van der Waals surface area contributed by atoms with Gasteiger partial charge in [-0.15, -0.1) is 0 Å². The zero-order chi connectivity index (χ0) is 11.4. The summed E-state index contributed by atoms with van der Waals surface area (Å²) >= 11 is 0. The van der Waals surface area contributed by atoms with Crippen molar-refractivity contribution in [3.8, 4) is 11.5 Å². The molecule has 0 spiro atoms. The fraction of sp³-hybridized carbons (Fsp3) is 0. The first-order valence-corrected chi connectivity index (χ1v) is 4.79. The molecule has 0 saturated heterocycles. The van der Waals surface area contributed by atoms with Crippen molar-refractivity contribution in [2.24, 2.45) is 0 Å². The summed E-state index contributed by atoms with van der Waals surface area (Å²) in [5.41, 5.74) is 0.700. The van der Waals surface area contributed by atoms with E-state index in [0.29, 0.717) is 17.1 Å². The number of rotatable bonds is 3.